The summed E-state index contributed by atoms with van der Waals surface area (Å²) >= 11 is 1.19. The Kier molecular flexibility index (Phi) is 6.61. The van der Waals surface area contributed by atoms with Gasteiger partial charge in [-0.1, -0.05) is 18.2 Å². The van der Waals surface area contributed by atoms with E-state index in [0.717, 1.165) is 5.56 Å². The molecule has 0 radical (unpaired) electrons. The number of allylic oxidation sites excluding steroid dienone is 1. The first-order valence-corrected chi connectivity index (χ1v) is 13.7. The van der Waals surface area contributed by atoms with Gasteiger partial charge in [-0.3, -0.25) is 14.5 Å². The molecule has 2 aromatic carbocycles. The van der Waals surface area contributed by atoms with Crippen molar-refractivity contribution >= 4 is 56.5 Å². The summed E-state index contributed by atoms with van der Waals surface area (Å²) in [5, 5.41) is 15.4. The van der Waals surface area contributed by atoms with Crippen LogP contribution >= 0.6 is 11.3 Å². The molecule has 0 unspecified atom stereocenters. The van der Waals surface area contributed by atoms with E-state index >= 15 is 0 Å². The third-order valence-electron chi connectivity index (χ3n) is 7.06. The lowest BCUT2D eigenvalue weighted by molar-refractivity contribution is -0.127. The Labute approximate surface area is 239 Å². The Balaban J connectivity index is 1.31. The number of pyridine rings is 1. The van der Waals surface area contributed by atoms with Crippen LogP contribution in [0.1, 0.15) is 35.0 Å². The van der Waals surface area contributed by atoms with Crippen molar-refractivity contribution in [1.29, 1.82) is 5.26 Å². The van der Waals surface area contributed by atoms with Crippen LogP contribution in [0.3, 0.4) is 0 Å². The molecule has 4 aromatic rings. The highest BCUT2D eigenvalue weighted by molar-refractivity contribution is 7.21. The summed E-state index contributed by atoms with van der Waals surface area (Å²) < 4.78 is 5.95. The quantitative estimate of drug-likeness (QED) is 0.288. The molecule has 2 aliphatic heterocycles. The van der Waals surface area contributed by atoms with E-state index < -0.39 is 11.9 Å². The molecule has 0 spiro atoms. The van der Waals surface area contributed by atoms with Crippen LogP contribution < -0.4 is 20.3 Å². The van der Waals surface area contributed by atoms with E-state index in [2.05, 4.69) is 15.6 Å². The molecule has 2 N–H and O–H groups in total. The minimum atomic E-state index is -0.401. The number of hydrogen-bond donors (Lipinski definition) is 2. The van der Waals surface area contributed by atoms with Crippen LogP contribution in [-0.2, 0) is 4.79 Å². The molecule has 6 rings (SSSR count). The van der Waals surface area contributed by atoms with Crippen LogP contribution in [0.25, 0.3) is 10.2 Å². The zero-order valence-electron chi connectivity index (χ0n) is 22.2. The van der Waals surface area contributed by atoms with Crippen LogP contribution in [0.5, 0.6) is 11.5 Å². The molecule has 0 atom stereocenters. The van der Waals surface area contributed by atoms with E-state index in [9.17, 15) is 14.4 Å². The maximum Gasteiger partial charge on any atom is 0.331 e. The number of amides is 4. The van der Waals surface area contributed by atoms with Gasteiger partial charge in [-0.25, -0.2) is 9.78 Å². The minimum absolute atomic E-state index is 0.224. The van der Waals surface area contributed by atoms with Crippen LogP contribution in [0.4, 0.5) is 21.9 Å². The number of carbonyl (C=O) groups is 3. The van der Waals surface area contributed by atoms with Crippen molar-refractivity contribution in [1.82, 2.24) is 15.2 Å². The number of nitriles is 1. The zero-order valence-corrected chi connectivity index (χ0v) is 23.0. The molecular weight excluding hydrogens is 540 g/mol. The van der Waals surface area contributed by atoms with Gasteiger partial charge in [0.2, 0.25) is 5.91 Å². The normalized spacial score (nSPS) is 14.2. The average Bonchev–Trinajstić information content (AvgIpc) is 3.51. The largest absolute Gasteiger partial charge is 0.457 e. The second-order valence-corrected chi connectivity index (χ2v) is 10.6. The van der Waals surface area contributed by atoms with Gasteiger partial charge in [-0.05, 0) is 55.8 Å². The molecule has 0 aliphatic carbocycles. The molecule has 4 amide bonds. The standard InChI is InChI=1S/C30H24N6O4S/c1-17-16-20(40-19-6-4-3-5-7-19)8-9-22(17)36-23-11-14-32-29-25(23)26(34-30(36)39)27(41-29)28(38)33-21-12-15-35(18(21)2)24(37)10-13-31/h3-9,11,14,16H,10,12,15H2,1-2H3,(H,33,38)(H,34,39). The van der Waals surface area contributed by atoms with Gasteiger partial charge in [0, 0.05) is 30.6 Å². The summed E-state index contributed by atoms with van der Waals surface area (Å²) in [6, 6.07) is 18.2. The molecule has 0 fully saturated rings. The lowest BCUT2D eigenvalue weighted by Gasteiger charge is -2.29. The fourth-order valence-corrected chi connectivity index (χ4v) is 6.12. The molecule has 2 aliphatic rings. The Morgan fingerprint density at radius 1 is 1.12 bits per heavy atom. The van der Waals surface area contributed by atoms with Crippen molar-refractivity contribution in [3.63, 3.8) is 0 Å². The number of para-hydroxylation sites is 1. The third-order valence-corrected chi connectivity index (χ3v) is 8.16. The number of hydrogen-bond acceptors (Lipinski definition) is 7. The number of carbonyl (C=O) groups excluding carboxylic acids is 3. The van der Waals surface area contributed by atoms with E-state index in [0.29, 0.717) is 68.0 Å². The van der Waals surface area contributed by atoms with Gasteiger partial charge in [0.1, 0.15) is 27.6 Å². The van der Waals surface area contributed by atoms with Crippen LogP contribution in [0.15, 0.2) is 72.2 Å². The van der Waals surface area contributed by atoms with Crippen LogP contribution in [0, 0.1) is 18.3 Å². The van der Waals surface area contributed by atoms with Crippen molar-refractivity contribution in [3.8, 4) is 17.6 Å². The number of urea groups is 1. The maximum absolute atomic E-state index is 13.5. The number of thiophene rings is 1. The first-order valence-electron chi connectivity index (χ1n) is 12.9. The molecular formula is C30H24N6O4S. The van der Waals surface area contributed by atoms with Gasteiger partial charge in [-0.15, -0.1) is 11.3 Å². The van der Waals surface area contributed by atoms with Gasteiger partial charge in [0.15, 0.2) is 0 Å². The molecule has 41 heavy (non-hydrogen) atoms. The summed E-state index contributed by atoms with van der Waals surface area (Å²) in [6.07, 6.45) is 1.86. The number of anilines is 3. The first-order chi connectivity index (χ1) is 19.9. The maximum atomic E-state index is 13.5. The first kappa shape index (κ1) is 26.0. The summed E-state index contributed by atoms with van der Waals surface area (Å²) in [5.41, 5.74) is 3.74. The van der Waals surface area contributed by atoms with Gasteiger partial charge in [-0.2, -0.15) is 5.26 Å². The lowest BCUT2D eigenvalue weighted by atomic mass is 10.1. The highest BCUT2D eigenvalue weighted by atomic mass is 32.1. The lowest BCUT2D eigenvalue weighted by Crippen LogP contribution is -2.35. The number of ether oxygens (including phenoxy) is 1. The molecule has 4 heterocycles. The zero-order chi connectivity index (χ0) is 28.7. The second-order valence-electron chi connectivity index (χ2n) is 9.59. The molecule has 204 valence electrons. The summed E-state index contributed by atoms with van der Waals surface area (Å²) in [5.74, 6) is 0.659. The number of aromatic nitrogens is 1. The summed E-state index contributed by atoms with van der Waals surface area (Å²) in [6.45, 7) is 4.04. The molecule has 2 aromatic heterocycles. The van der Waals surface area contributed by atoms with Crippen molar-refractivity contribution in [2.24, 2.45) is 0 Å². The smallest absolute Gasteiger partial charge is 0.331 e. The SMILES string of the molecule is CC1=C(NC(=O)c2sc3nccc4c3c2NC(=O)N4c2ccc(Oc3ccccc3)cc2C)CCN1C(=O)CC#N. The molecule has 11 heteroatoms. The van der Waals surface area contributed by atoms with Gasteiger partial charge in [0.25, 0.3) is 5.91 Å². The highest BCUT2D eigenvalue weighted by Crippen LogP contribution is 2.46. The van der Waals surface area contributed by atoms with Crippen LogP contribution in [0.2, 0.25) is 0 Å². The van der Waals surface area contributed by atoms with Gasteiger partial charge < -0.3 is 20.3 Å². The van der Waals surface area contributed by atoms with Crippen molar-refractivity contribution in [2.75, 3.05) is 16.8 Å². The third kappa shape index (κ3) is 4.64. The number of rotatable bonds is 6. The Hall–Kier alpha value is -5.21. The fourth-order valence-electron chi connectivity index (χ4n) is 5.11. The summed E-state index contributed by atoms with van der Waals surface area (Å²) in [4.78, 5) is 47.7. The van der Waals surface area contributed by atoms with Gasteiger partial charge in [0.05, 0.1) is 28.5 Å². The predicted octanol–water partition coefficient (Wildman–Crippen LogP) is 6.19. The van der Waals surface area contributed by atoms with Gasteiger partial charge >= 0.3 is 6.03 Å². The second kappa shape index (κ2) is 10.4. The topological polar surface area (TPSA) is 128 Å². The van der Waals surface area contributed by atoms with Crippen molar-refractivity contribution in [2.45, 2.75) is 26.7 Å². The monoisotopic (exact) mass is 564 g/mol. The van der Waals surface area contributed by atoms with E-state index in [1.807, 2.05) is 61.5 Å². The highest BCUT2D eigenvalue weighted by Gasteiger charge is 2.34. The Morgan fingerprint density at radius 2 is 1.93 bits per heavy atom. The van der Waals surface area contributed by atoms with Crippen LogP contribution in [-0.4, -0.2) is 34.3 Å². The van der Waals surface area contributed by atoms with E-state index in [4.69, 9.17) is 10.00 Å². The number of nitrogens with zero attached hydrogens (tertiary/aromatic N) is 4. The number of benzene rings is 2. The van der Waals surface area contributed by atoms with E-state index in [1.165, 1.54) is 16.2 Å². The molecule has 10 nitrogen and oxygen atoms in total. The molecule has 0 bridgehead atoms. The average molecular weight is 565 g/mol. The van der Waals surface area contributed by atoms with E-state index in [-0.39, 0.29) is 12.3 Å². The predicted molar refractivity (Wildman–Crippen MR) is 155 cm³/mol. The molecule has 0 saturated heterocycles. The Morgan fingerprint density at radius 3 is 2.68 bits per heavy atom. The van der Waals surface area contributed by atoms with E-state index in [1.54, 1.807) is 24.1 Å². The minimum Gasteiger partial charge on any atom is -0.457 e. The van der Waals surface area contributed by atoms with Crippen molar-refractivity contribution in [3.05, 3.63) is 82.6 Å². The van der Waals surface area contributed by atoms with Crippen molar-refractivity contribution < 1.29 is 19.1 Å². The number of nitrogens with one attached hydrogen (secondary N) is 2. The fraction of sp³-hybridized carbons (Fsp3) is 0.167. The molecule has 0 saturated carbocycles. The number of aryl methyl sites for hydroxylation is 1. The Bertz CT molecular complexity index is 1810. The summed E-state index contributed by atoms with van der Waals surface area (Å²) in [7, 11) is 0.